The smallest absolute Gasteiger partial charge is 0.226 e. The van der Waals surface area contributed by atoms with Crippen molar-refractivity contribution in [2.24, 2.45) is 0 Å². The molecule has 0 bridgehead atoms. The third-order valence-electron chi connectivity index (χ3n) is 2.95. The molecule has 2 aromatic rings. The van der Waals surface area contributed by atoms with Gasteiger partial charge in [-0.2, -0.15) is 0 Å². The van der Waals surface area contributed by atoms with Gasteiger partial charge in [0.05, 0.1) is 10.0 Å². The molecule has 0 radical (unpaired) electrons. The van der Waals surface area contributed by atoms with Crippen LogP contribution in [0, 0.1) is 0 Å². The average molecular weight is 343 g/mol. The van der Waals surface area contributed by atoms with Crippen LogP contribution in [0.1, 0.15) is 36.6 Å². The SMILES string of the molecule is CCCCC(=O)Nc1ncc(Cc2cccc(Cl)c2Cl)s1. The molecule has 0 spiro atoms. The van der Waals surface area contributed by atoms with Crippen LogP contribution in [0.15, 0.2) is 24.4 Å². The minimum atomic E-state index is 0.0125. The number of hydrogen-bond acceptors (Lipinski definition) is 3. The molecule has 0 saturated heterocycles. The van der Waals surface area contributed by atoms with Crippen molar-refractivity contribution in [1.29, 1.82) is 0 Å². The molecule has 6 heteroatoms. The highest BCUT2D eigenvalue weighted by atomic mass is 35.5. The third kappa shape index (κ3) is 4.70. The number of rotatable bonds is 6. The Labute approximate surface area is 138 Å². The number of anilines is 1. The highest BCUT2D eigenvalue weighted by Gasteiger charge is 2.09. The summed E-state index contributed by atoms with van der Waals surface area (Å²) in [6, 6.07) is 5.57. The number of hydrogen-bond donors (Lipinski definition) is 1. The van der Waals surface area contributed by atoms with Crippen LogP contribution in [0.3, 0.4) is 0 Å². The molecule has 1 N–H and O–H groups in total. The van der Waals surface area contributed by atoms with Gasteiger partial charge in [-0.25, -0.2) is 4.98 Å². The van der Waals surface area contributed by atoms with Crippen LogP contribution in [-0.4, -0.2) is 10.9 Å². The first kappa shape index (κ1) is 16.3. The van der Waals surface area contributed by atoms with Gasteiger partial charge in [0.1, 0.15) is 0 Å². The molecule has 1 amide bonds. The first-order valence-electron chi connectivity index (χ1n) is 6.77. The van der Waals surface area contributed by atoms with E-state index >= 15 is 0 Å². The molecule has 0 aliphatic rings. The Bertz CT molecular complexity index is 628. The number of aromatic nitrogens is 1. The summed E-state index contributed by atoms with van der Waals surface area (Å²) in [5, 5.41) is 4.57. The van der Waals surface area contributed by atoms with Crippen molar-refractivity contribution in [1.82, 2.24) is 4.98 Å². The summed E-state index contributed by atoms with van der Waals surface area (Å²) >= 11 is 13.6. The molecule has 0 aliphatic heterocycles. The monoisotopic (exact) mass is 342 g/mol. The van der Waals surface area contributed by atoms with E-state index in [-0.39, 0.29) is 5.91 Å². The third-order valence-corrected chi connectivity index (χ3v) is 4.72. The van der Waals surface area contributed by atoms with Gasteiger partial charge in [-0.05, 0) is 18.1 Å². The van der Waals surface area contributed by atoms with Gasteiger partial charge in [0, 0.05) is 23.9 Å². The molecule has 3 nitrogen and oxygen atoms in total. The van der Waals surface area contributed by atoms with E-state index in [2.05, 4.69) is 17.2 Å². The molecular formula is C15H16Cl2N2OS. The summed E-state index contributed by atoms with van der Waals surface area (Å²) in [4.78, 5) is 16.9. The molecule has 0 aliphatic carbocycles. The Morgan fingerprint density at radius 2 is 2.19 bits per heavy atom. The lowest BCUT2D eigenvalue weighted by Crippen LogP contribution is -2.10. The molecule has 112 valence electrons. The number of amides is 1. The van der Waals surface area contributed by atoms with Crippen molar-refractivity contribution >= 4 is 45.6 Å². The zero-order valence-electron chi connectivity index (χ0n) is 11.7. The average Bonchev–Trinajstić information content (AvgIpc) is 2.89. The Balaban J connectivity index is 2.00. The summed E-state index contributed by atoms with van der Waals surface area (Å²) in [5.74, 6) is 0.0125. The van der Waals surface area contributed by atoms with Crippen LogP contribution in [0.25, 0.3) is 0 Å². The Morgan fingerprint density at radius 1 is 1.38 bits per heavy atom. The largest absolute Gasteiger partial charge is 0.302 e. The second-order valence-corrected chi connectivity index (χ2v) is 6.57. The van der Waals surface area contributed by atoms with Crippen molar-refractivity contribution in [3.05, 3.63) is 44.9 Å². The molecule has 1 aromatic carbocycles. The summed E-state index contributed by atoms with van der Waals surface area (Å²) in [7, 11) is 0. The van der Waals surface area contributed by atoms with Crippen LogP contribution >= 0.6 is 34.5 Å². The van der Waals surface area contributed by atoms with Gasteiger partial charge in [-0.1, -0.05) is 48.7 Å². The van der Waals surface area contributed by atoms with Crippen molar-refractivity contribution in [3.63, 3.8) is 0 Å². The minimum Gasteiger partial charge on any atom is -0.302 e. The van der Waals surface area contributed by atoms with Crippen molar-refractivity contribution in [2.75, 3.05) is 5.32 Å². The molecule has 0 unspecified atom stereocenters. The number of benzene rings is 1. The summed E-state index contributed by atoms with van der Waals surface area (Å²) < 4.78 is 0. The molecule has 2 rings (SSSR count). The molecule has 0 saturated carbocycles. The number of nitrogens with one attached hydrogen (secondary N) is 1. The fraction of sp³-hybridized carbons (Fsp3) is 0.333. The van der Waals surface area contributed by atoms with E-state index in [0.717, 1.165) is 23.3 Å². The zero-order chi connectivity index (χ0) is 15.2. The maximum absolute atomic E-state index is 11.7. The number of thiazole rings is 1. The number of unbranched alkanes of at least 4 members (excludes halogenated alkanes) is 1. The lowest BCUT2D eigenvalue weighted by atomic mass is 10.1. The van der Waals surface area contributed by atoms with E-state index in [1.54, 1.807) is 12.3 Å². The predicted octanol–water partition coefficient (Wildman–Crippen LogP) is 5.17. The minimum absolute atomic E-state index is 0.0125. The van der Waals surface area contributed by atoms with E-state index in [4.69, 9.17) is 23.2 Å². The van der Waals surface area contributed by atoms with Crippen LogP contribution in [0.2, 0.25) is 10.0 Å². The second kappa shape index (κ2) is 7.78. The Kier molecular flexibility index (Phi) is 6.03. The van der Waals surface area contributed by atoms with Gasteiger partial charge in [0.25, 0.3) is 0 Å². The topological polar surface area (TPSA) is 42.0 Å². The van der Waals surface area contributed by atoms with E-state index in [0.29, 0.717) is 28.0 Å². The number of carbonyl (C=O) groups excluding carboxylic acids is 1. The fourth-order valence-corrected chi connectivity index (χ4v) is 3.08. The maximum atomic E-state index is 11.7. The van der Waals surface area contributed by atoms with Gasteiger partial charge in [0.15, 0.2) is 5.13 Å². The van der Waals surface area contributed by atoms with Crippen molar-refractivity contribution in [3.8, 4) is 0 Å². The van der Waals surface area contributed by atoms with E-state index in [1.807, 2.05) is 12.1 Å². The van der Waals surface area contributed by atoms with Crippen LogP contribution in [0.4, 0.5) is 5.13 Å². The number of carbonyl (C=O) groups is 1. The first-order chi connectivity index (χ1) is 10.1. The van der Waals surface area contributed by atoms with Gasteiger partial charge >= 0.3 is 0 Å². The number of nitrogens with zero attached hydrogens (tertiary/aromatic N) is 1. The quantitative estimate of drug-likeness (QED) is 0.786. The first-order valence-corrected chi connectivity index (χ1v) is 8.35. The fourth-order valence-electron chi connectivity index (χ4n) is 1.84. The van der Waals surface area contributed by atoms with Crippen molar-refractivity contribution in [2.45, 2.75) is 32.6 Å². The molecule has 0 fully saturated rings. The Morgan fingerprint density at radius 3 is 2.95 bits per heavy atom. The number of halogens is 2. The van der Waals surface area contributed by atoms with Crippen LogP contribution in [0.5, 0.6) is 0 Å². The van der Waals surface area contributed by atoms with E-state index < -0.39 is 0 Å². The van der Waals surface area contributed by atoms with Gasteiger partial charge in [-0.15, -0.1) is 11.3 Å². The summed E-state index contributed by atoms with van der Waals surface area (Å²) in [5.41, 5.74) is 0.955. The van der Waals surface area contributed by atoms with Crippen LogP contribution < -0.4 is 5.32 Å². The van der Waals surface area contributed by atoms with Gasteiger partial charge in [-0.3, -0.25) is 4.79 Å². The van der Waals surface area contributed by atoms with E-state index in [9.17, 15) is 4.79 Å². The highest BCUT2D eigenvalue weighted by Crippen LogP contribution is 2.29. The Hall–Kier alpha value is -1.10. The summed E-state index contributed by atoms with van der Waals surface area (Å²) in [6.07, 6.45) is 4.84. The lowest BCUT2D eigenvalue weighted by molar-refractivity contribution is -0.116. The van der Waals surface area contributed by atoms with E-state index in [1.165, 1.54) is 11.3 Å². The molecule has 0 atom stereocenters. The lowest BCUT2D eigenvalue weighted by Gasteiger charge is -2.03. The standard InChI is InChI=1S/C15H16Cl2N2OS/c1-2-3-7-13(20)19-15-18-9-11(21-15)8-10-5-4-6-12(16)14(10)17/h4-6,9H,2-3,7-8H2,1H3,(H,18,19,20). The maximum Gasteiger partial charge on any atom is 0.226 e. The van der Waals surface area contributed by atoms with Crippen LogP contribution in [-0.2, 0) is 11.2 Å². The predicted molar refractivity (Wildman–Crippen MR) is 89.5 cm³/mol. The molecular weight excluding hydrogens is 327 g/mol. The van der Waals surface area contributed by atoms with Crippen molar-refractivity contribution < 1.29 is 4.79 Å². The van der Waals surface area contributed by atoms with Gasteiger partial charge in [0.2, 0.25) is 5.91 Å². The molecule has 1 heterocycles. The molecule has 21 heavy (non-hydrogen) atoms. The second-order valence-electron chi connectivity index (χ2n) is 4.67. The molecule has 1 aromatic heterocycles. The normalized spacial score (nSPS) is 10.6. The summed E-state index contributed by atoms with van der Waals surface area (Å²) in [6.45, 7) is 2.06. The van der Waals surface area contributed by atoms with Gasteiger partial charge < -0.3 is 5.32 Å². The zero-order valence-corrected chi connectivity index (χ0v) is 14.0. The highest BCUT2D eigenvalue weighted by molar-refractivity contribution is 7.15.